The number of hydrogen-bond donors (Lipinski definition) is 1. The largest absolute Gasteiger partial charge is 0.497 e. The van der Waals surface area contributed by atoms with E-state index in [1.807, 2.05) is 6.92 Å². The van der Waals surface area contributed by atoms with Crippen LogP contribution in [0.4, 0.5) is 0 Å². The van der Waals surface area contributed by atoms with E-state index in [1.165, 1.54) is 11.9 Å². The molecule has 0 aliphatic heterocycles. The standard InChI is InChI=1S/C21H24Cl2N2O4/c1-4-19(21(27)24-2)25(12-16-17(22)6-5-7-18(16)23)20(26)13-29-15-10-8-14(28-3)9-11-15/h5-11,19H,4,12-13H2,1-3H3,(H,24,27)/t19-/m0/s1. The van der Waals surface area contributed by atoms with Gasteiger partial charge in [0.25, 0.3) is 5.91 Å². The van der Waals surface area contributed by atoms with E-state index in [0.29, 0.717) is 33.5 Å². The first-order valence-corrected chi connectivity index (χ1v) is 9.87. The molecular weight excluding hydrogens is 415 g/mol. The van der Waals surface area contributed by atoms with E-state index in [9.17, 15) is 9.59 Å². The van der Waals surface area contributed by atoms with E-state index in [4.69, 9.17) is 32.7 Å². The normalized spacial score (nSPS) is 11.5. The van der Waals surface area contributed by atoms with Gasteiger partial charge >= 0.3 is 0 Å². The molecule has 2 amide bonds. The molecule has 0 spiro atoms. The van der Waals surface area contributed by atoms with E-state index < -0.39 is 6.04 Å². The summed E-state index contributed by atoms with van der Waals surface area (Å²) in [6.45, 7) is 1.69. The number of halogens is 2. The number of carbonyl (C=O) groups is 2. The van der Waals surface area contributed by atoms with Gasteiger partial charge in [-0.3, -0.25) is 9.59 Å². The van der Waals surface area contributed by atoms with Gasteiger partial charge in [0.1, 0.15) is 17.5 Å². The lowest BCUT2D eigenvalue weighted by molar-refractivity contribution is -0.142. The lowest BCUT2D eigenvalue weighted by Gasteiger charge is -2.30. The first-order chi connectivity index (χ1) is 13.9. The Labute approximate surface area is 180 Å². The Kier molecular flexibility index (Phi) is 8.61. The Hall–Kier alpha value is -2.44. The maximum atomic E-state index is 13.0. The molecule has 1 atom stereocenters. The Morgan fingerprint density at radius 3 is 2.17 bits per heavy atom. The molecule has 0 aromatic heterocycles. The minimum atomic E-state index is -0.681. The predicted octanol–water partition coefficient (Wildman–Crippen LogP) is 3.93. The predicted molar refractivity (Wildman–Crippen MR) is 114 cm³/mol. The topological polar surface area (TPSA) is 67.9 Å². The number of benzene rings is 2. The summed E-state index contributed by atoms with van der Waals surface area (Å²) in [7, 11) is 3.10. The molecule has 0 saturated carbocycles. The molecule has 0 heterocycles. The highest BCUT2D eigenvalue weighted by Gasteiger charge is 2.29. The van der Waals surface area contributed by atoms with Crippen molar-refractivity contribution in [1.29, 1.82) is 0 Å². The highest BCUT2D eigenvalue weighted by molar-refractivity contribution is 6.36. The minimum absolute atomic E-state index is 0.0925. The van der Waals surface area contributed by atoms with Crippen molar-refractivity contribution < 1.29 is 19.1 Å². The molecular formula is C21H24Cl2N2O4. The number of amides is 2. The van der Waals surface area contributed by atoms with Crippen LogP contribution in [0.3, 0.4) is 0 Å². The molecule has 0 radical (unpaired) electrons. The number of rotatable bonds is 9. The van der Waals surface area contributed by atoms with Crippen molar-refractivity contribution in [1.82, 2.24) is 10.2 Å². The second-order valence-electron chi connectivity index (χ2n) is 6.22. The summed E-state index contributed by atoms with van der Waals surface area (Å²) < 4.78 is 10.7. The summed E-state index contributed by atoms with van der Waals surface area (Å²) in [6, 6.07) is 11.3. The van der Waals surface area contributed by atoms with Crippen molar-refractivity contribution >= 4 is 35.0 Å². The van der Waals surface area contributed by atoms with Gasteiger partial charge in [0.15, 0.2) is 6.61 Å². The van der Waals surface area contributed by atoms with Crippen molar-refractivity contribution in [3.63, 3.8) is 0 Å². The summed E-state index contributed by atoms with van der Waals surface area (Å²) in [4.78, 5) is 26.8. The molecule has 0 saturated heterocycles. The van der Waals surface area contributed by atoms with Crippen LogP contribution in [-0.4, -0.2) is 43.5 Å². The average Bonchev–Trinajstić information content (AvgIpc) is 2.73. The SMILES string of the molecule is CC[C@@H](C(=O)NC)N(Cc1c(Cl)cccc1Cl)C(=O)COc1ccc(OC)cc1. The second kappa shape index (κ2) is 10.9. The molecule has 0 aliphatic carbocycles. The average molecular weight is 439 g/mol. The summed E-state index contributed by atoms with van der Waals surface area (Å²) in [6.07, 6.45) is 0.427. The maximum Gasteiger partial charge on any atom is 0.261 e. The maximum absolute atomic E-state index is 13.0. The molecule has 0 unspecified atom stereocenters. The van der Waals surface area contributed by atoms with E-state index in [0.717, 1.165) is 0 Å². The number of nitrogens with zero attached hydrogens (tertiary/aromatic N) is 1. The third-order valence-corrected chi connectivity index (χ3v) is 5.15. The van der Waals surface area contributed by atoms with Crippen LogP contribution in [0.25, 0.3) is 0 Å². The van der Waals surface area contributed by atoms with E-state index in [1.54, 1.807) is 49.6 Å². The van der Waals surface area contributed by atoms with Crippen LogP contribution in [-0.2, 0) is 16.1 Å². The van der Waals surface area contributed by atoms with Crippen molar-refractivity contribution in [2.75, 3.05) is 20.8 Å². The zero-order chi connectivity index (χ0) is 21.4. The van der Waals surface area contributed by atoms with Gasteiger partial charge in [-0.05, 0) is 42.8 Å². The van der Waals surface area contributed by atoms with Crippen molar-refractivity contribution in [2.24, 2.45) is 0 Å². The monoisotopic (exact) mass is 438 g/mol. The molecule has 1 N–H and O–H groups in total. The molecule has 0 fully saturated rings. The molecule has 0 bridgehead atoms. The molecule has 6 nitrogen and oxygen atoms in total. The van der Waals surface area contributed by atoms with E-state index >= 15 is 0 Å². The van der Waals surface area contributed by atoms with Crippen LogP contribution >= 0.6 is 23.2 Å². The lowest BCUT2D eigenvalue weighted by Crippen LogP contribution is -2.49. The van der Waals surface area contributed by atoms with Crippen molar-refractivity contribution in [2.45, 2.75) is 25.9 Å². The fourth-order valence-corrected chi connectivity index (χ4v) is 3.36. The third-order valence-electron chi connectivity index (χ3n) is 4.44. The van der Waals surface area contributed by atoms with Crippen LogP contribution in [0.15, 0.2) is 42.5 Å². The Balaban J connectivity index is 2.22. The summed E-state index contributed by atoms with van der Waals surface area (Å²) in [5.41, 5.74) is 0.580. The molecule has 2 rings (SSSR count). The van der Waals surface area contributed by atoms with Gasteiger partial charge in [-0.25, -0.2) is 0 Å². The van der Waals surface area contributed by atoms with E-state index in [2.05, 4.69) is 5.32 Å². The third kappa shape index (κ3) is 6.02. The molecule has 2 aromatic rings. The number of carbonyl (C=O) groups excluding carboxylic acids is 2. The summed E-state index contributed by atoms with van der Waals surface area (Å²) >= 11 is 12.6. The molecule has 0 aliphatic rings. The Bertz CT molecular complexity index is 823. The highest BCUT2D eigenvalue weighted by atomic mass is 35.5. The fraction of sp³-hybridized carbons (Fsp3) is 0.333. The number of nitrogens with one attached hydrogen (secondary N) is 1. The Morgan fingerprint density at radius 1 is 1.07 bits per heavy atom. The van der Waals surface area contributed by atoms with Gasteiger partial charge in [0.2, 0.25) is 5.91 Å². The van der Waals surface area contributed by atoms with Gasteiger partial charge in [0.05, 0.1) is 7.11 Å². The molecule has 156 valence electrons. The van der Waals surface area contributed by atoms with Crippen LogP contribution < -0.4 is 14.8 Å². The van der Waals surface area contributed by atoms with Crippen LogP contribution in [0.5, 0.6) is 11.5 Å². The van der Waals surface area contributed by atoms with Gasteiger partial charge in [-0.1, -0.05) is 36.2 Å². The Morgan fingerprint density at radius 2 is 1.66 bits per heavy atom. The summed E-state index contributed by atoms with van der Waals surface area (Å²) in [5, 5.41) is 3.46. The van der Waals surface area contributed by atoms with Crippen molar-refractivity contribution in [3.8, 4) is 11.5 Å². The number of hydrogen-bond acceptors (Lipinski definition) is 4. The first kappa shape index (κ1) is 22.8. The van der Waals surface area contributed by atoms with Crippen LogP contribution in [0, 0.1) is 0 Å². The minimum Gasteiger partial charge on any atom is -0.497 e. The smallest absolute Gasteiger partial charge is 0.261 e. The zero-order valence-corrected chi connectivity index (χ0v) is 18.1. The van der Waals surface area contributed by atoms with Crippen molar-refractivity contribution in [3.05, 3.63) is 58.1 Å². The van der Waals surface area contributed by atoms with Crippen LogP contribution in [0.2, 0.25) is 10.0 Å². The van der Waals surface area contributed by atoms with E-state index in [-0.39, 0.29) is 25.0 Å². The first-order valence-electron chi connectivity index (χ1n) is 9.12. The number of ether oxygens (including phenoxy) is 2. The fourth-order valence-electron chi connectivity index (χ4n) is 2.84. The lowest BCUT2D eigenvalue weighted by atomic mass is 10.1. The van der Waals surface area contributed by atoms with Gasteiger partial charge < -0.3 is 19.7 Å². The summed E-state index contributed by atoms with van der Waals surface area (Å²) in [5.74, 6) is 0.577. The molecule has 8 heteroatoms. The van der Waals surface area contributed by atoms with Gasteiger partial charge in [0, 0.05) is 29.2 Å². The molecule has 29 heavy (non-hydrogen) atoms. The number of likely N-dealkylation sites (N-methyl/N-ethyl adjacent to an activating group) is 1. The second-order valence-corrected chi connectivity index (χ2v) is 7.04. The van der Waals surface area contributed by atoms with Crippen LogP contribution in [0.1, 0.15) is 18.9 Å². The zero-order valence-electron chi connectivity index (χ0n) is 16.6. The highest BCUT2D eigenvalue weighted by Crippen LogP contribution is 2.27. The van der Waals surface area contributed by atoms with Gasteiger partial charge in [-0.2, -0.15) is 0 Å². The molecule has 2 aromatic carbocycles. The quantitative estimate of drug-likeness (QED) is 0.643. The number of methoxy groups -OCH3 is 1. The van der Waals surface area contributed by atoms with Gasteiger partial charge in [-0.15, -0.1) is 0 Å².